The Labute approximate surface area is 110 Å². The van der Waals surface area contributed by atoms with Crippen LogP contribution in [0.2, 0.25) is 0 Å². The summed E-state index contributed by atoms with van der Waals surface area (Å²) in [5.74, 6) is 1.30. The summed E-state index contributed by atoms with van der Waals surface area (Å²) >= 11 is 0. The van der Waals surface area contributed by atoms with E-state index in [2.05, 4.69) is 9.97 Å². The predicted molar refractivity (Wildman–Crippen MR) is 72.0 cm³/mol. The lowest BCUT2D eigenvalue weighted by Gasteiger charge is -2.07. The van der Waals surface area contributed by atoms with Crippen LogP contribution >= 0.6 is 0 Å². The summed E-state index contributed by atoms with van der Waals surface area (Å²) in [6.45, 7) is -0.104. The number of hydrogen-bond acceptors (Lipinski definition) is 4. The van der Waals surface area contributed by atoms with Gasteiger partial charge in [-0.2, -0.15) is 0 Å². The van der Waals surface area contributed by atoms with Crippen molar-refractivity contribution in [2.24, 2.45) is 0 Å². The molecule has 0 atom stereocenters. The fourth-order valence-electron chi connectivity index (χ4n) is 1.85. The summed E-state index contributed by atoms with van der Waals surface area (Å²) in [5.41, 5.74) is 1.51. The number of aromatic nitrogens is 2. The maximum atomic E-state index is 9.04. The molecule has 0 saturated heterocycles. The smallest absolute Gasteiger partial charge is 0.146 e. The second kappa shape index (κ2) is 5.04. The number of para-hydroxylation sites is 1. The van der Waals surface area contributed by atoms with Crippen molar-refractivity contribution in [3.8, 4) is 11.5 Å². The first-order valence-corrected chi connectivity index (χ1v) is 5.93. The number of aliphatic hydroxyl groups is 1. The molecular weight excluding hydrogens is 240 g/mol. The van der Waals surface area contributed by atoms with Crippen molar-refractivity contribution in [3.63, 3.8) is 0 Å². The molecule has 0 spiro atoms. The molecule has 2 aromatic heterocycles. The lowest BCUT2D eigenvalue weighted by atomic mass is 10.2. The molecule has 0 radical (unpaired) electrons. The summed E-state index contributed by atoms with van der Waals surface area (Å²) in [7, 11) is 0. The van der Waals surface area contributed by atoms with E-state index in [1.54, 1.807) is 24.5 Å². The highest BCUT2D eigenvalue weighted by atomic mass is 16.5. The summed E-state index contributed by atoms with van der Waals surface area (Å²) in [5, 5.41) is 10.1. The molecule has 3 rings (SSSR count). The molecule has 19 heavy (non-hydrogen) atoms. The first kappa shape index (κ1) is 11.6. The Morgan fingerprint density at radius 2 is 1.89 bits per heavy atom. The second-order valence-electron chi connectivity index (χ2n) is 4.11. The third kappa shape index (κ3) is 2.53. The van der Waals surface area contributed by atoms with E-state index >= 15 is 0 Å². The Morgan fingerprint density at radius 1 is 1.00 bits per heavy atom. The zero-order valence-corrected chi connectivity index (χ0v) is 10.2. The topological polar surface area (TPSA) is 55.2 Å². The fourth-order valence-corrected chi connectivity index (χ4v) is 1.85. The molecule has 94 valence electrons. The van der Waals surface area contributed by atoms with Crippen molar-refractivity contribution in [2.45, 2.75) is 6.61 Å². The van der Waals surface area contributed by atoms with Gasteiger partial charge in [0.05, 0.1) is 24.0 Å². The number of aliphatic hydroxyl groups excluding tert-OH is 1. The Balaban J connectivity index is 1.92. The van der Waals surface area contributed by atoms with Gasteiger partial charge in [0.2, 0.25) is 0 Å². The molecule has 4 nitrogen and oxygen atoms in total. The van der Waals surface area contributed by atoms with Gasteiger partial charge in [-0.25, -0.2) is 0 Å². The first-order valence-electron chi connectivity index (χ1n) is 5.93. The molecule has 0 aliphatic rings. The monoisotopic (exact) mass is 252 g/mol. The molecule has 1 N–H and O–H groups in total. The standard InChI is InChI=1S/C15H12N2O2/c18-10-12-8-13(5-6-16-12)19-14-7-11-3-1-2-4-15(11)17-9-14/h1-9,18H,10H2. The minimum absolute atomic E-state index is 0.104. The number of pyridine rings is 2. The summed E-state index contributed by atoms with van der Waals surface area (Å²) < 4.78 is 5.72. The zero-order chi connectivity index (χ0) is 13.1. The Kier molecular flexibility index (Phi) is 3.08. The average molecular weight is 252 g/mol. The van der Waals surface area contributed by atoms with Crippen LogP contribution in [0.4, 0.5) is 0 Å². The Bertz CT molecular complexity index is 713. The molecule has 3 aromatic rings. The lowest BCUT2D eigenvalue weighted by molar-refractivity contribution is 0.276. The zero-order valence-electron chi connectivity index (χ0n) is 10.2. The van der Waals surface area contributed by atoms with Crippen LogP contribution in [-0.4, -0.2) is 15.1 Å². The minimum atomic E-state index is -0.104. The highest BCUT2D eigenvalue weighted by Crippen LogP contribution is 2.24. The quantitative estimate of drug-likeness (QED) is 0.778. The summed E-state index contributed by atoms with van der Waals surface area (Å²) in [6.07, 6.45) is 3.29. The van der Waals surface area contributed by atoms with Crippen LogP contribution in [0.5, 0.6) is 11.5 Å². The van der Waals surface area contributed by atoms with Crippen molar-refractivity contribution in [3.05, 3.63) is 60.6 Å². The van der Waals surface area contributed by atoms with Gasteiger partial charge in [0.15, 0.2) is 0 Å². The Hall–Kier alpha value is -2.46. The van der Waals surface area contributed by atoms with Crippen LogP contribution < -0.4 is 4.74 Å². The highest BCUT2D eigenvalue weighted by Gasteiger charge is 2.01. The first-order chi connectivity index (χ1) is 9.35. The molecule has 0 amide bonds. The second-order valence-corrected chi connectivity index (χ2v) is 4.11. The van der Waals surface area contributed by atoms with Crippen molar-refractivity contribution >= 4 is 10.9 Å². The van der Waals surface area contributed by atoms with Crippen LogP contribution in [0.3, 0.4) is 0 Å². The maximum Gasteiger partial charge on any atom is 0.146 e. The third-order valence-electron chi connectivity index (χ3n) is 2.75. The molecule has 0 aliphatic carbocycles. The van der Waals surface area contributed by atoms with Crippen LogP contribution in [0.15, 0.2) is 54.9 Å². The van der Waals surface area contributed by atoms with Crippen LogP contribution in [0.25, 0.3) is 10.9 Å². The summed E-state index contributed by atoms with van der Waals surface area (Å²) in [4.78, 5) is 8.33. The van der Waals surface area contributed by atoms with Gasteiger partial charge in [-0.3, -0.25) is 9.97 Å². The van der Waals surface area contributed by atoms with Crippen molar-refractivity contribution < 1.29 is 9.84 Å². The van der Waals surface area contributed by atoms with Crippen molar-refractivity contribution in [1.29, 1.82) is 0 Å². The van der Waals surface area contributed by atoms with E-state index in [1.807, 2.05) is 30.3 Å². The number of ether oxygens (including phenoxy) is 1. The van der Waals surface area contributed by atoms with E-state index in [1.165, 1.54) is 0 Å². The van der Waals surface area contributed by atoms with Gasteiger partial charge in [-0.1, -0.05) is 18.2 Å². The average Bonchev–Trinajstić information content (AvgIpc) is 2.47. The molecule has 2 heterocycles. The number of fused-ring (bicyclic) bond motifs is 1. The van der Waals surface area contributed by atoms with Gasteiger partial charge in [-0.05, 0) is 18.2 Å². The normalized spacial score (nSPS) is 10.6. The van der Waals surface area contributed by atoms with Gasteiger partial charge >= 0.3 is 0 Å². The lowest BCUT2D eigenvalue weighted by Crippen LogP contribution is -1.91. The van der Waals surface area contributed by atoms with Gasteiger partial charge in [0, 0.05) is 17.6 Å². The molecule has 0 aliphatic heterocycles. The van der Waals surface area contributed by atoms with E-state index in [4.69, 9.17) is 9.84 Å². The van der Waals surface area contributed by atoms with E-state index in [0.717, 1.165) is 10.9 Å². The molecule has 0 saturated carbocycles. The maximum absolute atomic E-state index is 9.04. The Morgan fingerprint density at radius 3 is 2.79 bits per heavy atom. The van der Waals surface area contributed by atoms with E-state index in [0.29, 0.717) is 17.2 Å². The molecule has 4 heteroatoms. The largest absolute Gasteiger partial charge is 0.456 e. The highest BCUT2D eigenvalue weighted by molar-refractivity contribution is 5.79. The number of rotatable bonds is 3. The fraction of sp³-hybridized carbons (Fsp3) is 0.0667. The third-order valence-corrected chi connectivity index (χ3v) is 2.75. The predicted octanol–water partition coefficient (Wildman–Crippen LogP) is 2.91. The molecule has 0 unspecified atom stereocenters. The van der Waals surface area contributed by atoms with Gasteiger partial charge < -0.3 is 9.84 Å². The van der Waals surface area contributed by atoms with E-state index in [9.17, 15) is 0 Å². The SMILES string of the molecule is OCc1cc(Oc2cnc3ccccc3c2)ccn1. The van der Waals surface area contributed by atoms with Gasteiger partial charge in [0.1, 0.15) is 11.5 Å². The molecule has 0 fully saturated rings. The van der Waals surface area contributed by atoms with Crippen LogP contribution in [0.1, 0.15) is 5.69 Å². The van der Waals surface area contributed by atoms with Gasteiger partial charge in [-0.15, -0.1) is 0 Å². The van der Waals surface area contributed by atoms with Crippen LogP contribution in [-0.2, 0) is 6.61 Å². The number of benzene rings is 1. The number of nitrogens with zero attached hydrogens (tertiary/aromatic N) is 2. The van der Waals surface area contributed by atoms with E-state index < -0.39 is 0 Å². The molecule has 1 aromatic carbocycles. The minimum Gasteiger partial charge on any atom is -0.456 e. The molecule has 0 bridgehead atoms. The summed E-state index contributed by atoms with van der Waals surface area (Å²) in [6, 6.07) is 13.2. The van der Waals surface area contributed by atoms with Gasteiger partial charge in [0.25, 0.3) is 0 Å². The van der Waals surface area contributed by atoms with Crippen LogP contribution in [0, 0.1) is 0 Å². The molecular formula is C15H12N2O2. The number of hydrogen-bond donors (Lipinski definition) is 1. The van der Waals surface area contributed by atoms with Crippen molar-refractivity contribution in [1.82, 2.24) is 9.97 Å². The van der Waals surface area contributed by atoms with Crippen molar-refractivity contribution in [2.75, 3.05) is 0 Å². The van der Waals surface area contributed by atoms with E-state index in [-0.39, 0.29) is 6.61 Å².